The van der Waals surface area contributed by atoms with Crippen LogP contribution in [0.4, 0.5) is 5.82 Å². The highest BCUT2D eigenvalue weighted by Gasteiger charge is 2.18. The van der Waals surface area contributed by atoms with E-state index in [0.717, 1.165) is 51.6 Å². The predicted octanol–water partition coefficient (Wildman–Crippen LogP) is 3.40. The van der Waals surface area contributed by atoms with E-state index in [1.807, 2.05) is 36.9 Å². The number of pyridine rings is 1. The van der Waals surface area contributed by atoms with Crippen molar-refractivity contribution in [3.05, 3.63) is 65.9 Å². The van der Waals surface area contributed by atoms with Gasteiger partial charge >= 0.3 is 0 Å². The first-order valence-electron chi connectivity index (χ1n) is 10.2. The Hall–Kier alpha value is -2.66. The second-order valence-electron chi connectivity index (χ2n) is 6.98. The van der Waals surface area contributed by atoms with Gasteiger partial charge in [0.15, 0.2) is 0 Å². The lowest BCUT2D eigenvalue weighted by molar-refractivity contribution is 0.0772. The molecule has 1 aromatic heterocycles. The fourth-order valence-electron chi connectivity index (χ4n) is 3.45. The predicted molar refractivity (Wildman–Crippen MR) is 116 cm³/mol. The zero-order chi connectivity index (χ0) is 19.8. The molecule has 2 heterocycles. The molecule has 0 spiro atoms. The van der Waals surface area contributed by atoms with E-state index < -0.39 is 0 Å². The van der Waals surface area contributed by atoms with Crippen LogP contribution in [0.5, 0.6) is 0 Å². The van der Waals surface area contributed by atoms with Crippen molar-refractivity contribution in [2.24, 2.45) is 0 Å². The molecule has 1 amide bonds. The number of hydrogen-bond acceptors (Lipinski definition) is 4. The smallest absolute Gasteiger partial charge is 0.255 e. The molecule has 0 atom stereocenters. The van der Waals surface area contributed by atoms with Gasteiger partial charge in [0.2, 0.25) is 0 Å². The molecular weight excluding hydrogens is 348 g/mol. The van der Waals surface area contributed by atoms with Crippen LogP contribution in [0.15, 0.2) is 54.7 Å². The molecule has 1 aliphatic rings. The maximum atomic E-state index is 12.4. The highest BCUT2D eigenvalue weighted by atomic mass is 16.2. The third kappa shape index (κ3) is 5.20. The molecule has 1 aromatic carbocycles. The molecule has 0 bridgehead atoms. The summed E-state index contributed by atoms with van der Waals surface area (Å²) in [4.78, 5) is 23.5. The first-order valence-corrected chi connectivity index (χ1v) is 10.2. The van der Waals surface area contributed by atoms with Crippen molar-refractivity contribution in [3.8, 4) is 0 Å². The average molecular weight is 379 g/mol. The molecule has 0 unspecified atom stereocenters. The van der Waals surface area contributed by atoms with Gasteiger partial charge in [-0.2, -0.15) is 0 Å². The minimum absolute atomic E-state index is 0.0547. The van der Waals surface area contributed by atoms with Crippen LogP contribution in [-0.4, -0.2) is 66.5 Å². The Morgan fingerprint density at radius 3 is 2.36 bits per heavy atom. The fraction of sp³-hybridized carbons (Fsp3) is 0.391. The normalized spacial score (nSPS) is 15.1. The lowest BCUT2D eigenvalue weighted by Gasteiger charge is -2.34. The summed E-state index contributed by atoms with van der Waals surface area (Å²) < 4.78 is 0. The number of nitrogens with zero attached hydrogens (tertiary/aromatic N) is 4. The number of aromatic nitrogens is 1. The Kier molecular flexibility index (Phi) is 7.20. The quantitative estimate of drug-likeness (QED) is 0.740. The van der Waals surface area contributed by atoms with Gasteiger partial charge in [0.1, 0.15) is 5.82 Å². The molecule has 148 valence electrons. The minimum Gasteiger partial charge on any atom is -0.354 e. The summed E-state index contributed by atoms with van der Waals surface area (Å²) >= 11 is 0. The number of anilines is 1. The van der Waals surface area contributed by atoms with Gasteiger partial charge in [-0.3, -0.25) is 9.69 Å². The van der Waals surface area contributed by atoms with Crippen LogP contribution >= 0.6 is 0 Å². The number of hydrogen-bond donors (Lipinski definition) is 0. The van der Waals surface area contributed by atoms with E-state index in [9.17, 15) is 4.79 Å². The summed E-state index contributed by atoms with van der Waals surface area (Å²) in [6.45, 7) is 10.3. The maximum Gasteiger partial charge on any atom is 0.255 e. The minimum atomic E-state index is 0.0547. The Balaban J connectivity index is 1.49. The number of amides is 1. The summed E-state index contributed by atoms with van der Waals surface area (Å²) in [5.41, 5.74) is 1.90. The second kappa shape index (κ2) is 10.0. The second-order valence-corrected chi connectivity index (χ2v) is 6.98. The average Bonchev–Trinajstić information content (AvgIpc) is 2.76. The van der Waals surface area contributed by atoms with Crippen LogP contribution in [0.1, 0.15) is 29.8 Å². The van der Waals surface area contributed by atoms with Crippen molar-refractivity contribution in [1.29, 1.82) is 0 Å². The first-order chi connectivity index (χ1) is 13.7. The monoisotopic (exact) mass is 378 g/mol. The molecule has 1 saturated heterocycles. The van der Waals surface area contributed by atoms with Gasteiger partial charge in [0, 0.05) is 52.0 Å². The van der Waals surface area contributed by atoms with Crippen molar-refractivity contribution in [3.63, 3.8) is 0 Å². The van der Waals surface area contributed by atoms with Crippen molar-refractivity contribution < 1.29 is 4.79 Å². The van der Waals surface area contributed by atoms with Gasteiger partial charge in [-0.15, -0.1) is 0 Å². The number of benzene rings is 1. The van der Waals surface area contributed by atoms with E-state index in [-0.39, 0.29) is 5.91 Å². The lowest BCUT2D eigenvalue weighted by Crippen LogP contribution is -2.46. The van der Waals surface area contributed by atoms with Gasteiger partial charge in [-0.25, -0.2) is 4.98 Å². The van der Waals surface area contributed by atoms with Crippen LogP contribution in [0, 0.1) is 0 Å². The van der Waals surface area contributed by atoms with Gasteiger partial charge in [0.05, 0.1) is 5.56 Å². The molecule has 0 radical (unpaired) electrons. The molecule has 1 fully saturated rings. The Morgan fingerprint density at radius 1 is 1.04 bits per heavy atom. The van der Waals surface area contributed by atoms with E-state index in [4.69, 9.17) is 0 Å². The summed E-state index contributed by atoms with van der Waals surface area (Å²) in [6.07, 6.45) is 6.13. The zero-order valence-electron chi connectivity index (χ0n) is 16.9. The summed E-state index contributed by atoms with van der Waals surface area (Å²) in [6, 6.07) is 14.3. The molecule has 1 aliphatic heterocycles. The van der Waals surface area contributed by atoms with E-state index in [0.29, 0.717) is 5.56 Å². The third-order valence-corrected chi connectivity index (χ3v) is 5.22. The summed E-state index contributed by atoms with van der Waals surface area (Å²) in [7, 11) is 0. The highest BCUT2D eigenvalue weighted by Crippen LogP contribution is 2.15. The van der Waals surface area contributed by atoms with Gasteiger partial charge < -0.3 is 9.80 Å². The van der Waals surface area contributed by atoms with Crippen LogP contribution in [0.3, 0.4) is 0 Å². The van der Waals surface area contributed by atoms with Crippen LogP contribution < -0.4 is 4.90 Å². The molecule has 3 rings (SSSR count). The van der Waals surface area contributed by atoms with Crippen molar-refractivity contribution in [2.45, 2.75) is 13.8 Å². The Bertz CT molecular complexity index is 761. The Labute approximate surface area is 168 Å². The molecule has 2 aromatic rings. The van der Waals surface area contributed by atoms with E-state index in [1.54, 1.807) is 6.20 Å². The number of piperazine rings is 1. The van der Waals surface area contributed by atoms with Crippen LogP contribution in [0.25, 0.3) is 6.08 Å². The third-order valence-electron chi connectivity index (χ3n) is 5.22. The maximum absolute atomic E-state index is 12.4. The van der Waals surface area contributed by atoms with E-state index in [1.165, 1.54) is 5.56 Å². The van der Waals surface area contributed by atoms with E-state index in [2.05, 4.69) is 51.2 Å². The molecule has 28 heavy (non-hydrogen) atoms. The van der Waals surface area contributed by atoms with Gasteiger partial charge in [-0.05, 0) is 31.5 Å². The fourth-order valence-corrected chi connectivity index (χ4v) is 3.45. The largest absolute Gasteiger partial charge is 0.354 e. The number of carbonyl (C=O) groups is 1. The van der Waals surface area contributed by atoms with Gasteiger partial charge in [0.25, 0.3) is 5.91 Å². The summed E-state index contributed by atoms with van der Waals surface area (Å²) in [5, 5.41) is 0. The van der Waals surface area contributed by atoms with Gasteiger partial charge in [-0.1, -0.05) is 42.5 Å². The molecule has 5 heteroatoms. The molecule has 0 aliphatic carbocycles. The topological polar surface area (TPSA) is 39.7 Å². The molecule has 0 N–H and O–H groups in total. The first kappa shape index (κ1) is 20.1. The number of carbonyl (C=O) groups excluding carboxylic acids is 1. The number of rotatable bonds is 7. The highest BCUT2D eigenvalue weighted by molar-refractivity contribution is 5.94. The molecular formula is C23H30N4O. The SMILES string of the molecule is CCN(CC)C(=O)c1ccc(N2CCN(C/C=C/c3ccccc3)CC2)nc1. The van der Waals surface area contributed by atoms with Crippen molar-refractivity contribution in [2.75, 3.05) is 50.7 Å². The summed E-state index contributed by atoms with van der Waals surface area (Å²) in [5.74, 6) is 1.01. The Morgan fingerprint density at radius 2 is 1.75 bits per heavy atom. The zero-order valence-corrected chi connectivity index (χ0v) is 16.9. The van der Waals surface area contributed by atoms with Crippen molar-refractivity contribution >= 4 is 17.8 Å². The molecule has 0 saturated carbocycles. The van der Waals surface area contributed by atoms with Crippen molar-refractivity contribution in [1.82, 2.24) is 14.8 Å². The lowest BCUT2D eigenvalue weighted by atomic mass is 10.2. The standard InChI is InChI=1S/C23H30N4O/c1-3-26(4-2)23(28)21-12-13-22(24-19-21)27-17-15-25(16-18-27)14-8-11-20-9-6-5-7-10-20/h5-13,19H,3-4,14-18H2,1-2H3/b11-8+. The van der Waals surface area contributed by atoms with Crippen LogP contribution in [-0.2, 0) is 0 Å². The van der Waals surface area contributed by atoms with Crippen LogP contribution in [0.2, 0.25) is 0 Å². The van der Waals surface area contributed by atoms with E-state index >= 15 is 0 Å². The molecule has 5 nitrogen and oxygen atoms in total.